The Labute approximate surface area is 135 Å². The molecule has 0 saturated carbocycles. The third-order valence-electron chi connectivity index (χ3n) is 4.92. The quantitative estimate of drug-likeness (QED) is 0.874. The third kappa shape index (κ3) is 2.55. The molecule has 2 aromatic rings. The maximum atomic E-state index is 12.5. The number of Topliss-reactive ketones (excluding diaryl/α,β-unsaturated/α-hetero) is 1. The molecule has 0 aliphatic carbocycles. The number of aromatic nitrogens is 2. The molecule has 0 amide bonds. The molecule has 0 bridgehead atoms. The Balaban J connectivity index is 1.51. The van der Waals surface area contributed by atoms with Gasteiger partial charge in [-0.25, -0.2) is 4.98 Å². The van der Waals surface area contributed by atoms with Crippen molar-refractivity contribution in [2.75, 3.05) is 13.1 Å². The lowest BCUT2D eigenvalue weighted by Gasteiger charge is -2.34. The topological polar surface area (TPSA) is 47.4 Å². The van der Waals surface area contributed by atoms with Crippen molar-refractivity contribution in [2.24, 2.45) is 0 Å². The molecule has 1 atom stereocenters. The van der Waals surface area contributed by atoms with Gasteiger partial charge in [-0.1, -0.05) is 12.1 Å². The number of rotatable bonds is 3. The van der Waals surface area contributed by atoms with E-state index < -0.39 is 0 Å². The van der Waals surface area contributed by atoms with Crippen LogP contribution in [0.15, 0.2) is 36.8 Å². The summed E-state index contributed by atoms with van der Waals surface area (Å²) in [6.07, 6.45) is 5.18. The van der Waals surface area contributed by atoms with E-state index in [9.17, 15) is 4.79 Å². The Morgan fingerprint density at radius 1 is 1.35 bits per heavy atom. The molecule has 0 radical (unpaired) electrons. The van der Waals surface area contributed by atoms with Gasteiger partial charge >= 0.3 is 0 Å². The predicted molar refractivity (Wildman–Crippen MR) is 86.5 cm³/mol. The molecule has 4 rings (SSSR count). The SMILES string of the molecule is CCn1cncc1CN1CC[C@]2(CC(=O)c3ccccc3O2)C1. The monoisotopic (exact) mass is 311 g/mol. The number of nitrogens with zero attached hydrogens (tertiary/aromatic N) is 3. The van der Waals surface area contributed by atoms with Crippen LogP contribution < -0.4 is 4.74 Å². The fourth-order valence-corrected chi connectivity index (χ4v) is 3.73. The molecule has 5 heteroatoms. The maximum absolute atomic E-state index is 12.5. The van der Waals surface area contributed by atoms with Gasteiger partial charge in [-0.15, -0.1) is 0 Å². The lowest BCUT2D eigenvalue weighted by molar-refractivity contribution is 0.0454. The third-order valence-corrected chi connectivity index (χ3v) is 4.92. The lowest BCUT2D eigenvalue weighted by atomic mass is 9.89. The van der Waals surface area contributed by atoms with Crippen molar-refractivity contribution in [3.63, 3.8) is 0 Å². The highest BCUT2D eigenvalue weighted by molar-refractivity contribution is 6.00. The molecule has 2 aliphatic heterocycles. The molecule has 1 aromatic heterocycles. The summed E-state index contributed by atoms with van der Waals surface area (Å²) in [6, 6.07) is 7.59. The van der Waals surface area contributed by atoms with Gasteiger partial charge in [-0.05, 0) is 19.1 Å². The van der Waals surface area contributed by atoms with Crippen LogP contribution in [0.3, 0.4) is 0 Å². The zero-order chi connectivity index (χ0) is 15.9. The first-order valence-corrected chi connectivity index (χ1v) is 8.22. The zero-order valence-electron chi connectivity index (χ0n) is 13.4. The summed E-state index contributed by atoms with van der Waals surface area (Å²) in [5.41, 5.74) is 1.58. The van der Waals surface area contributed by atoms with Crippen LogP contribution >= 0.6 is 0 Å². The Morgan fingerprint density at radius 3 is 3.09 bits per heavy atom. The highest BCUT2D eigenvalue weighted by atomic mass is 16.5. The van der Waals surface area contributed by atoms with Gasteiger partial charge in [0.1, 0.15) is 11.4 Å². The van der Waals surface area contributed by atoms with Gasteiger partial charge in [-0.2, -0.15) is 0 Å². The van der Waals surface area contributed by atoms with Crippen molar-refractivity contribution in [3.05, 3.63) is 48.0 Å². The van der Waals surface area contributed by atoms with E-state index in [0.717, 1.165) is 43.9 Å². The second kappa shape index (κ2) is 5.49. The van der Waals surface area contributed by atoms with Crippen LogP contribution in [0.5, 0.6) is 5.75 Å². The second-order valence-corrected chi connectivity index (χ2v) is 6.51. The van der Waals surface area contributed by atoms with E-state index in [0.29, 0.717) is 6.42 Å². The van der Waals surface area contributed by atoms with Crippen molar-refractivity contribution in [1.82, 2.24) is 14.5 Å². The van der Waals surface area contributed by atoms with Gasteiger partial charge < -0.3 is 9.30 Å². The van der Waals surface area contributed by atoms with Gasteiger partial charge in [0.15, 0.2) is 5.78 Å². The molecule has 5 nitrogen and oxygen atoms in total. The number of carbonyl (C=O) groups is 1. The zero-order valence-corrected chi connectivity index (χ0v) is 13.4. The highest BCUT2D eigenvalue weighted by Crippen LogP contribution is 2.38. The largest absolute Gasteiger partial charge is 0.485 e. The normalized spacial score (nSPS) is 24.0. The number of ether oxygens (including phenoxy) is 1. The Bertz CT molecular complexity index is 739. The van der Waals surface area contributed by atoms with E-state index in [4.69, 9.17) is 4.74 Å². The Kier molecular flexibility index (Phi) is 3.45. The predicted octanol–water partition coefficient (Wildman–Crippen LogP) is 2.51. The fraction of sp³-hybridized carbons (Fsp3) is 0.444. The van der Waals surface area contributed by atoms with Gasteiger partial charge in [0, 0.05) is 38.8 Å². The molecule has 23 heavy (non-hydrogen) atoms. The van der Waals surface area contributed by atoms with Gasteiger partial charge in [0.2, 0.25) is 0 Å². The van der Waals surface area contributed by atoms with Gasteiger partial charge in [0.25, 0.3) is 0 Å². The summed E-state index contributed by atoms with van der Waals surface area (Å²) in [6.45, 7) is 5.65. The second-order valence-electron chi connectivity index (χ2n) is 6.51. The number of imidazole rings is 1. The molecule has 1 saturated heterocycles. The molecule has 2 aliphatic rings. The first-order chi connectivity index (χ1) is 11.2. The van der Waals surface area contributed by atoms with Crippen LogP contribution in [-0.4, -0.2) is 38.9 Å². The van der Waals surface area contributed by atoms with Gasteiger partial charge in [0.05, 0.1) is 24.0 Å². The number of ketones is 1. The minimum absolute atomic E-state index is 0.201. The summed E-state index contributed by atoms with van der Waals surface area (Å²) >= 11 is 0. The number of fused-ring (bicyclic) bond motifs is 1. The molecule has 120 valence electrons. The molecule has 0 unspecified atom stereocenters. The molecule has 3 heterocycles. The summed E-state index contributed by atoms with van der Waals surface area (Å²) in [7, 11) is 0. The summed E-state index contributed by atoms with van der Waals surface area (Å²) in [5.74, 6) is 0.941. The number of para-hydroxylation sites is 1. The van der Waals surface area contributed by atoms with Crippen LogP contribution in [0.2, 0.25) is 0 Å². The molecule has 0 N–H and O–H groups in total. The molecular formula is C18H21N3O2. The lowest BCUT2D eigenvalue weighted by Crippen LogP contribution is -2.44. The van der Waals surface area contributed by atoms with E-state index in [-0.39, 0.29) is 11.4 Å². The van der Waals surface area contributed by atoms with Crippen molar-refractivity contribution in [2.45, 2.75) is 38.5 Å². The minimum Gasteiger partial charge on any atom is -0.485 e. The number of aryl methyl sites for hydroxylation is 1. The average Bonchev–Trinajstić information content (AvgIpc) is 3.15. The number of likely N-dealkylation sites (tertiary alicyclic amines) is 1. The van der Waals surface area contributed by atoms with E-state index in [2.05, 4.69) is 21.4 Å². The van der Waals surface area contributed by atoms with E-state index in [1.165, 1.54) is 5.69 Å². The number of hydrogen-bond donors (Lipinski definition) is 0. The van der Waals surface area contributed by atoms with E-state index in [1.807, 2.05) is 36.8 Å². The van der Waals surface area contributed by atoms with Crippen molar-refractivity contribution < 1.29 is 9.53 Å². The molecule has 1 fully saturated rings. The first kappa shape index (κ1) is 14.5. The number of hydrogen-bond acceptors (Lipinski definition) is 4. The highest BCUT2D eigenvalue weighted by Gasteiger charge is 2.45. The van der Waals surface area contributed by atoms with Crippen LogP contribution in [0, 0.1) is 0 Å². The Morgan fingerprint density at radius 2 is 2.22 bits per heavy atom. The van der Waals surface area contributed by atoms with Crippen LogP contribution in [-0.2, 0) is 13.1 Å². The summed E-state index contributed by atoms with van der Waals surface area (Å²) in [5, 5.41) is 0. The number of carbonyl (C=O) groups excluding carboxylic acids is 1. The molecule has 1 spiro atoms. The van der Waals surface area contributed by atoms with Crippen LogP contribution in [0.25, 0.3) is 0 Å². The summed E-state index contributed by atoms with van der Waals surface area (Å²) < 4.78 is 8.43. The first-order valence-electron chi connectivity index (χ1n) is 8.22. The van der Waals surface area contributed by atoms with E-state index in [1.54, 1.807) is 0 Å². The van der Waals surface area contributed by atoms with Crippen molar-refractivity contribution in [3.8, 4) is 5.75 Å². The van der Waals surface area contributed by atoms with E-state index >= 15 is 0 Å². The smallest absolute Gasteiger partial charge is 0.170 e. The summed E-state index contributed by atoms with van der Waals surface area (Å²) in [4.78, 5) is 19.1. The van der Waals surface area contributed by atoms with Crippen LogP contribution in [0.1, 0.15) is 35.8 Å². The van der Waals surface area contributed by atoms with Crippen molar-refractivity contribution >= 4 is 5.78 Å². The molecule has 1 aromatic carbocycles. The van der Waals surface area contributed by atoms with Gasteiger partial charge in [-0.3, -0.25) is 9.69 Å². The number of benzene rings is 1. The van der Waals surface area contributed by atoms with Crippen molar-refractivity contribution in [1.29, 1.82) is 0 Å². The maximum Gasteiger partial charge on any atom is 0.170 e. The molecular weight excluding hydrogens is 290 g/mol. The minimum atomic E-state index is -0.359. The Hall–Kier alpha value is -2.14. The van der Waals surface area contributed by atoms with Crippen LogP contribution in [0.4, 0.5) is 0 Å². The standard InChI is InChI=1S/C18H21N3O2/c1-2-21-13-19-10-14(21)11-20-8-7-18(12-20)9-16(22)15-5-3-4-6-17(15)23-18/h3-6,10,13H,2,7-9,11-12H2,1H3/t18-/m0/s1. The average molecular weight is 311 g/mol. The fourth-order valence-electron chi connectivity index (χ4n) is 3.73.